The number of halogens is 3. The first-order valence-corrected chi connectivity index (χ1v) is 7.02. The first-order chi connectivity index (χ1) is 9.47. The van der Waals surface area contributed by atoms with Gasteiger partial charge in [0.2, 0.25) is 0 Å². The molecule has 0 radical (unpaired) electrons. The van der Waals surface area contributed by atoms with Crippen molar-refractivity contribution >= 4 is 5.82 Å². The van der Waals surface area contributed by atoms with E-state index in [1.165, 1.54) is 25.5 Å². The Morgan fingerprint density at radius 2 is 2.15 bits per heavy atom. The van der Waals surface area contributed by atoms with Crippen molar-refractivity contribution in [3.63, 3.8) is 0 Å². The molecule has 1 unspecified atom stereocenters. The van der Waals surface area contributed by atoms with Crippen LogP contribution in [0.3, 0.4) is 0 Å². The highest BCUT2D eigenvalue weighted by Crippen LogP contribution is 2.39. The van der Waals surface area contributed by atoms with E-state index in [1.807, 2.05) is 0 Å². The Morgan fingerprint density at radius 1 is 1.35 bits per heavy atom. The van der Waals surface area contributed by atoms with Gasteiger partial charge in [-0.25, -0.2) is 4.98 Å². The summed E-state index contributed by atoms with van der Waals surface area (Å²) in [6.45, 7) is 0.913. The van der Waals surface area contributed by atoms with E-state index in [1.54, 1.807) is 0 Å². The molecule has 0 aromatic carbocycles. The molecule has 3 nitrogen and oxygen atoms in total. The summed E-state index contributed by atoms with van der Waals surface area (Å²) in [7, 11) is 0. The number of aromatic nitrogens is 1. The first kappa shape index (κ1) is 13.7. The standard InChI is InChI=1S/C14H18F3N3/c15-14(16,17)10-2-6-18-12(8-10)20-11-3-7-19-13(9-11)4-1-5-13/h2,6,8,11,19H,1,3-5,7,9H2,(H,18,20). The van der Waals surface area contributed by atoms with Crippen LogP contribution in [0.1, 0.15) is 37.7 Å². The molecule has 0 amide bonds. The zero-order valence-electron chi connectivity index (χ0n) is 11.1. The van der Waals surface area contributed by atoms with E-state index < -0.39 is 11.7 Å². The molecule has 2 heterocycles. The van der Waals surface area contributed by atoms with Crippen molar-refractivity contribution in [2.75, 3.05) is 11.9 Å². The van der Waals surface area contributed by atoms with Crippen molar-refractivity contribution in [3.05, 3.63) is 23.9 Å². The molecule has 1 atom stereocenters. The molecule has 1 aliphatic carbocycles. The first-order valence-electron chi connectivity index (χ1n) is 7.02. The van der Waals surface area contributed by atoms with Gasteiger partial charge in [0.05, 0.1) is 5.56 Å². The molecule has 1 aromatic rings. The molecule has 2 aliphatic rings. The van der Waals surface area contributed by atoms with E-state index in [0.29, 0.717) is 5.82 Å². The minimum Gasteiger partial charge on any atom is -0.367 e. The van der Waals surface area contributed by atoms with Crippen molar-refractivity contribution in [2.24, 2.45) is 0 Å². The molecule has 1 saturated carbocycles. The monoisotopic (exact) mass is 285 g/mol. The fourth-order valence-electron chi connectivity index (χ4n) is 3.16. The molecular formula is C14H18F3N3. The Kier molecular flexibility index (Phi) is 3.36. The van der Waals surface area contributed by atoms with Crippen molar-refractivity contribution in [1.82, 2.24) is 10.3 Å². The van der Waals surface area contributed by atoms with Crippen LogP contribution >= 0.6 is 0 Å². The number of nitrogens with zero attached hydrogens (tertiary/aromatic N) is 1. The summed E-state index contributed by atoms with van der Waals surface area (Å²) in [4.78, 5) is 4.01. The Balaban J connectivity index is 1.68. The van der Waals surface area contributed by atoms with Gasteiger partial charge in [-0.3, -0.25) is 0 Å². The maximum Gasteiger partial charge on any atom is 0.416 e. The number of hydrogen-bond donors (Lipinski definition) is 2. The van der Waals surface area contributed by atoms with Crippen LogP contribution in [0.4, 0.5) is 19.0 Å². The minimum atomic E-state index is -4.32. The lowest BCUT2D eigenvalue weighted by atomic mass is 9.70. The van der Waals surface area contributed by atoms with E-state index in [0.717, 1.165) is 31.5 Å². The third kappa shape index (κ3) is 2.75. The second-order valence-corrected chi connectivity index (χ2v) is 5.82. The highest BCUT2D eigenvalue weighted by atomic mass is 19.4. The molecule has 1 saturated heterocycles. The van der Waals surface area contributed by atoms with E-state index >= 15 is 0 Å². The van der Waals surface area contributed by atoms with Crippen LogP contribution in [-0.2, 0) is 6.18 Å². The third-order valence-electron chi connectivity index (χ3n) is 4.38. The van der Waals surface area contributed by atoms with Crippen molar-refractivity contribution in [1.29, 1.82) is 0 Å². The van der Waals surface area contributed by atoms with Gasteiger partial charge in [0.1, 0.15) is 5.82 Å². The molecule has 0 bridgehead atoms. The summed E-state index contributed by atoms with van der Waals surface area (Å²) in [5.74, 6) is 0.321. The fourth-order valence-corrected chi connectivity index (χ4v) is 3.16. The van der Waals surface area contributed by atoms with Crippen molar-refractivity contribution in [3.8, 4) is 0 Å². The van der Waals surface area contributed by atoms with E-state index in [2.05, 4.69) is 15.6 Å². The van der Waals surface area contributed by atoms with Gasteiger partial charge in [0.25, 0.3) is 0 Å². The Hall–Kier alpha value is -1.30. The number of rotatable bonds is 2. The maximum atomic E-state index is 12.7. The van der Waals surface area contributed by atoms with E-state index in [-0.39, 0.29) is 11.6 Å². The van der Waals surface area contributed by atoms with Gasteiger partial charge in [-0.15, -0.1) is 0 Å². The predicted molar refractivity (Wildman–Crippen MR) is 70.5 cm³/mol. The molecule has 2 fully saturated rings. The summed E-state index contributed by atoms with van der Waals surface area (Å²) in [6, 6.07) is 2.30. The largest absolute Gasteiger partial charge is 0.416 e. The molecule has 20 heavy (non-hydrogen) atoms. The van der Waals surface area contributed by atoms with Crippen molar-refractivity contribution < 1.29 is 13.2 Å². The zero-order chi connectivity index (χ0) is 14.2. The number of anilines is 1. The van der Waals surface area contributed by atoms with Crippen LogP contribution in [0.2, 0.25) is 0 Å². The minimum absolute atomic E-state index is 0.201. The molecule has 2 N–H and O–H groups in total. The lowest BCUT2D eigenvalue weighted by molar-refractivity contribution is -0.137. The summed E-state index contributed by atoms with van der Waals surface area (Å²) >= 11 is 0. The number of piperidine rings is 1. The van der Waals surface area contributed by atoms with Crippen LogP contribution in [-0.4, -0.2) is 23.1 Å². The molecule has 1 spiro atoms. The molecule has 6 heteroatoms. The number of pyridine rings is 1. The average Bonchev–Trinajstić information content (AvgIpc) is 2.36. The van der Waals surface area contributed by atoms with Crippen LogP contribution in [0.15, 0.2) is 18.3 Å². The molecular weight excluding hydrogens is 267 g/mol. The van der Waals surface area contributed by atoms with Gasteiger partial charge in [0, 0.05) is 17.8 Å². The number of nitrogens with one attached hydrogen (secondary N) is 2. The Labute approximate surface area is 116 Å². The smallest absolute Gasteiger partial charge is 0.367 e. The molecule has 1 aromatic heterocycles. The van der Waals surface area contributed by atoms with Crippen molar-refractivity contribution in [2.45, 2.75) is 49.9 Å². The summed E-state index contributed by atoms with van der Waals surface area (Å²) in [5.41, 5.74) is -0.431. The summed E-state index contributed by atoms with van der Waals surface area (Å²) in [5, 5.41) is 6.71. The van der Waals surface area contributed by atoms with Gasteiger partial charge in [-0.2, -0.15) is 13.2 Å². The van der Waals surface area contributed by atoms with Gasteiger partial charge < -0.3 is 10.6 Å². The topological polar surface area (TPSA) is 37.0 Å². The number of hydrogen-bond acceptors (Lipinski definition) is 3. The quantitative estimate of drug-likeness (QED) is 0.876. The molecule has 1 aliphatic heterocycles. The normalized spacial score (nSPS) is 25.2. The van der Waals surface area contributed by atoms with E-state index in [9.17, 15) is 13.2 Å². The van der Waals surface area contributed by atoms with Gasteiger partial charge in [-0.05, 0) is 50.8 Å². The van der Waals surface area contributed by atoms with Crippen LogP contribution in [0.25, 0.3) is 0 Å². The second-order valence-electron chi connectivity index (χ2n) is 5.82. The predicted octanol–water partition coefficient (Wildman–Crippen LogP) is 3.19. The summed E-state index contributed by atoms with van der Waals surface area (Å²) in [6.07, 6.45) is 2.35. The van der Waals surface area contributed by atoms with Crippen LogP contribution in [0.5, 0.6) is 0 Å². The Morgan fingerprint density at radius 3 is 2.80 bits per heavy atom. The Bertz CT molecular complexity index is 483. The van der Waals surface area contributed by atoms with Gasteiger partial charge in [-0.1, -0.05) is 0 Å². The second kappa shape index (κ2) is 4.91. The molecule has 110 valence electrons. The van der Waals surface area contributed by atoms with Gasteiger partial charge in [0.15, 0.2) is 0 Å². The number of alkyl halides is 3. The zero-order valence-corrected chi connectivity index (χ0v) is 11.1. The van der Waals surface area contributed by atoms with Gasteiger partial charge >= 0.3 is 6.18 Å². The highest BCUT2D eigenvalue weighted by molar-refractivity contribution is 5.40. The SMILES string of the molecule is FC(F)(F)c1ccnc(NC2CCNC3(CCC3)C2)c1. The fraction of sp³-hybridized carbons (Fsp3) is 0.643. The van der Waals surface area contributed by atoms with E-state index in [4.69, 9.17) is 0 Å². The third-order valence-corrected chi connectivity index (χ3v) is 4.38. The molecule has 3 rings (SSSR count). The maximum absolute atomic E-state index is 12.7. The summed E-state index contributed by atoms with van der Waals surface area (Å²) < 4.78 is 38.0. The van der Waals surface area contributed by atoms with Crippen LogP contribution < -0.4 is 10.6 Å². The average molecular weight is 285 g/mol. The highest BCUT2D eigenvalue weighted by Gasteiger charge is 2.41. The lowest BCUT2D eigenvalue weighted by Gasteiger charge is -2.48. The van der Waals surface area contributed by atoms with Crippen LogP contribution in [0, 0.1) is 0 Å². The lowest BCUT2D eigenvalue weighted by Crippen LogP contribution is -2.58.